The predicted molar refractivity (Wildman–Crippen MR) is 256 cm³/mol. The minimum Gasteiger partial charge on any atom is -0.493 e. The van der Waals surface area contributed by atoms with Crippen LogP contribution >= 0.6 is 0 Å². The first-order valence-corrected chi connectivity index (χ1v) is 24.7. The van der Waals surface area contributed by atoms with Gasteiger partial charge >= 0.3 is 0 Å². The second-order valence-corrected chi connectivity index (χ2v) is 19.5. The number of carbonyl (C=O) groups excluding carboxylic acids is 2. The highest BCUT2D eigenvalue weighted by atomic mass is 16.5. The molecule has 4 fully saturated rings. The third-order valence-corrected chi connectivity index (χ3v) is 13.3. The second-order valence-electron chi connectivity index (χ2n) is 19.5. The SMILES string of the molecule is CC(C)COc1cccc2[nH]c(C(=O)NC3CCN(CCN4CCCCC4)CC3)cc12.CC(C)COc1cccc2[nH]c(C(=O)NC3CCN(CCN4CCCCCC4)CC3)cc12. The average molecular weight is 867 g/mol. The summed E-state index contributed by atoms with van der Waals surface area (Å²) in [4.78, 5) is 42.7. The molecule has 0 unspecified atom stereocenters. The summed E-state index contributed by atoms with van der Waals surface area (Å²) >= 11 is 0. The van der Waals surface area contributed by atoms with E-state index in [0.717, 1.165) is 98.3 Å². The fourth-order valence-electron chi connectivity index (χ4n) is 9.50. The van der Waals surface area contributed by atoms with Gasteiger partial charge in [0.2, 0.25) is 0 Å². The average Bonchev–Trinajstić information content (AvgIpc) is 3.86. The topological polar surface area (TPSA) is 121 Å². The summed E-state index contributed by atoms with van der Waals surface area (Å²) in [6.07, 6.45) is 13.7. The molecule has 0 atom stereocenters. The van der Waals surface area contributed by atoms with Crippen LogP contribution in [0.4, 0.5) is 0 Å². The monoisotopic (exact) mass is 867 g/mol. The van der Waals surface area contributed by atoms with Crippen LogP contribution in [0.15, 0.2) is 48.5 Å². The molecule has 4 aromatic rings. The lowest BCUT2D eigenvalue weighted by Gasteiger charge is -2.34. The van der Waals surface area contributed by atoms with Crippen LogP contribution in [0.25, 0.3) is 21.8 Å². The van der Waals surface area contributed by atoms with Crippen LogP contribution in [0.5, 0.6) is 11.5 Å². The zero-order valence-electron chi connectivity index (χ0n) is 39.0. The van der Waals surface area contributed by atoms with Gasteiger partial charge in [0.1, 0.15) is 22.9 Å². The molecule has 0 saturated carbocycles. The lowest BCUT2D eigenvalue weighted by atomic mass is 10.0. The third kappa shape index (κ3) is 14.2. The number of aromatic nitrogens is 2. The highest BCUT2D eigenvalue weighted by Crippen LogP contribution is 2.29. The van der Waals surface area contributed by atoms with Crippen LogP contribution < -0.4 is 20.1 Å². The van der Waals surface area contributed by atoms with E-state index < -0.39 is 0 Å². The quantitative estimate of drug-likeness (QED) is 0.0892. The number of hydrogen-bond acceptors (Lipinski definition) is 8. The van der Waals surface area contributed by atoms with Crippen LogP contribution in [0.2, 0.25) is 0 Å². The Morgan fingerprint density at radius 2 is 0.889 bits per heavy atom. The van der Waals surface area contributed by atoms with E-state index in [1.165, 1.54) is 84.2 Å². The van der Waals surface area contributed by atoms with Crippen molar-refractivity contribution in [1.29, 1.82) is 0 Å². The van der Waals surface area contributed by atoms with E-state index in [4.69, 9.17) is 9.47 Å². The van der Waals surface area contributed by atoms with Crippen molar-refractivity contribution in [2.24, 2.45) is 11.8 Å². The molecule has 2 aromatic carbocycles. The number of hydrogen-bond donors (Lipinski definition) is 4. The Morgan fingerprint density at radius 3 is 1.25 bits per heavy atom. The molecule has 0 aliphatic carbocycles. The molecule has 4 N–H and O–H groups in total. The van der Waals surface area contributed by atoms with E-state index in [-0.39, 0.29) is 23.9 Å². The second kappa shape index (κ2) is 23.7. The van der Waals surface area contributed by atoms with Gasteiger partial charge in [0, 0.05) is 86.2 Å². The van der Waals surface area contributed by atoms with Crippen molar-refractivity contribution in [3.05, 3.63) is 59.9 Å². The van der Waals surface area contributed by atoms with Gasteiger partial charge in [0.05, 0.1) is 13.2 Å². The van der Waals surface area contributed by atoms with E-state index in [1.54, 1.807) is 0 Å². The van der Waals surface area contributed by atoms with Gasteiger partial charge in [0.15, 0.2) is 0 Å². The van der Waals surface area contributed by atoms with Crippen LogP contribution in [0.1, 0.15) is 119 Å². The number of ether oxygens (including phenoxy) is 2. The number of likely N-dealkylation sites (tertiary alicyclic amines) is 4. The van der Waals surface area contributed by atoms with Crippen molar-refractivity contribution < 1.29 is 19.1 Å². The van der Waals surface area contributed by atoms with E-state index >= 15 is 0 Å². The molecule has 346 valence electrons. The minimum atomic E-state index is -0.0159. The number of nitrogens with zero attached hydrogens (tertiary/aromatic N) is 4. The lowest BCUT2D eigenvalue weighted by Crippen LogP contribution is -2.46. The number of amides is 2. The van der Waals surface area contributed by atoms with Crippen molar-refractivity contribution >= 4 is 33.6 Å². The molecule has 0 spiro atoms. The summed E-state index contributed by atoms with van der Waals surface area (Å²) in [6.45, 7) is 23.9. The first-order chi connectivity index (χ1) is 30.7. The maximum atomic E-state index is 12.9. The van der Waals surface area contributed by atoms with Gasteiger partial charge in [-0.05, 0) is 126 Å². The van der Waals surface area contributed by atoms with Crippen molar-refractivity contribution in [3.63, 3.8) is 0 Å². The van der Waals surface area contributed by atoms with E-state index in [9.17, 15) is 9.59 Å². The van der Waals surface area contributed by atoms with E-state index in [1.807, 2.05) is 48.5 Å². The summed E-state index contributed by atoms with van der Waals surface area (Å²) in [7, 11) is 0. The summed E-state index contributed by atoms with van der Waals surface area (Å²) in [5.74, 6) is 2.56. The highest BCUT2D eigenvalue weighted by Gasteiger charge is 2.25. The zero-order valence-corrected chi connectivity index (χ0v) is 39.0. The van der Waals surface area contributed by atoms with Crippen LogP contribution in [-0.4, -0.2) is 145 Å². The molecule has 2 aromatic heterocycles. The van der Waals surface area contributed by atoms with Gasteiger partial charge in [-0.3, -0.25) is 9.59 Å². The number of benzene rings is 2. The normalized spacial score (nSPS) is 19.3. The molecule has 63 heavy (non-hydrogen) atoms. The Kier molecular flexibility index (Phi) is 17.6. The standard InChI is InChI=1S/C26H40N4O2.C25H38N4O2/c1-20(2)19-32-25-9-7-8-23-22(25)18-24(28-23)26(31)27-21-10-14-30(15-11-21)17-16-29-12-5-3-4-6-13-29;1-19(2)18-31-24-8-6-7-22-21(24)17-23(27-22)25(30)26-20-9-13-29(14-10-20)16-15-28-11-4-3-5-12-28/h7-9,18,20-21,28H,3-6,10-17,19H2,1-2H3,(H,27,31);6-8,17,19-20,27H,3-5,9-16,18H2,1-2H3,(H,26,30). The largest absolute Gasteiger partial charge is 0.493 e. The molecular weight excluding hydrogens is 789 g/mol. The Morgan fingerprint density at radius 1 is 0.540 bits per heavy atom. The van der Waals surface area contributed by atoms with Crippen LogP contribution in [0, 0.1) is 11.8 Å². The Hall–Kier alpha value is -4.10. The van der Waals surface area contributed by atoms with Gasteiger partial charge < -0.3 is 49.7 Å². The minimum absolute atomic E-state index is 0.0148. The predicted octanol–water partition coefficient (Wildman–Crippen LogP) is 8.16. The van der Waals surface area contributed by atoms with Crippen LogP contribution in [0.3, 0.4) is 0 Å². The summed E-state index contributed by atoms with van der Waals surface area (Å²) < 4.78 is 11.9. The molecule has 6 heterocycles. The number of carbonyl (C=O) groups is 2. The number of fused-ring (bicyclic) bond motifs is 2. The molecule has 4 aliphatic heterocycles. The Labute approximate surface area is 377 Å². The molecule has 4 saturated heterocycles. The fraction of sp³-hybridized carbons (Fsp3) is 0.647. The van der Waals surface area contributed by atoms with Gasteiger partial charge in [-0.2, -0.15) is 0 Å². The van der Waals surface area contributed by atoms with Gasteiger partial charge in [-0.15, -0.1) is 0 Å². The van der Waals surface area contributed by atoms with Crippen molar-refractivity contribution in [2.75, 3.05) is 91.8 Å². The fourth-order valence-corrected chi connectivity index (χ4v) is 9.50. The summed E-state index contributed by atoms with van der Waals surface area (Å²) in [6, 6.07) is 16.2. The Bertz CT molecular complexity index is 2000. The van der Waals surface area contributed by atoms with Crippen LogP contribution in [-0.2, 0) is 0 Å². The zero-order chi connectivity index (χ0) is 44.0. The highest BCUT2D eigenvalue weighted by molar-refractivity contribution is 6.00. The number of piperidine rings is 3. The molecular formula is C51H78N8O4. The van der Waals surface area contributed by atoms with Gasteiger partial charge in [-0.1, -0.05) is 59.1 Å². The van der Waals surface area contributed by atoms with E-state index in [0.29, 0.717) is 36.4 Å². The Balaban J connectivity index is 0.000000189. The first-order valence-electron chi connectivity index (χ1n) is 24.7. The summed E-state index contributed by atoms with van der Waals surface area (Å²) in [5.41, 5.74) is 3.12. The molecule has 2 amide bonds. The van der Waals surface area contributed by atoms with Gasteiger partial charge in [-0.25, -0.2) is 0 Å². The van der Waals surface area contributed by atoms with Crippen molar-refractivity contribution in [1.82, 2.24) is 40.2 Å². The summed E-state index contributed by atoms with van der Waals surface area (Å²) in [5, 5.41) is 8.44. The van der Waals surface area contributed by atoms with E-state index in [2.05, 4.69) is 67.9 Å². The number of aromatic amines is 2. The molecule has 12 heteroatoms. The smallest absolute Gasteiger partial charge is 0.267 e. The molecule has 12 nitrogen and oxygen atoms in total. The molecule has 0 radical (unpaired) electrons. The number of rotatable bonds is 16. The van der Waals surface area contributed by atoms with Gasteiger partial charge in [0.25, 0.3) is 11.8 Å². The number of nitrogens with one attached hydrogen (secondary N) is 4. The third-order valence-electron chi connectivity index (χ3n) is 13.3. The van der Waals surface area contributed by atoms with Crippen molar-refractivity contribution in [2.45, 2.75) is 110 Å². The molecule has 8 rings (SSSR count). The number of H-pyrrole nitrogens is 2. The molecule has 4 aliphatic rings. The maximum Gasteiger partial charge on any atom is 0.267 e. The first kappa shape index (κ1) is 46.9. The maximum absolute atomic E-state index is 12.9. The lowest BCUT2D eigenvalue weighted by molar-refractivity contribution is 0.0893. The van der Waals surface area contributed by atoms with Crippen molar-refractivity contribution in [3.8, 4) is 11.5 Å². The molecule has 0 bridgehead atoms.